The Hall–Kier alpha value is -2.50. The largest absolute Gasteiger partial charge is 0.416 e. The molecule has 0 aliphatic heterocycles. The predicted octanol–water partition coefficient (Wildman–Crippen LogP) is 5.30. The number of hydrogen-bond acceptors (Lipinski definition) is 4. The van der Waals surface area contributed by atoms with Gasteiger partial charge >= 0.3 is 12.4 Å². The third-order valence-electron chi connectivity index (χ3n) is 4.80. The minimum absolute atomic E-state index is 0.120. The number of nitrogens with one attached hydrogen (secondary N) is 1. The standard InChI is InChI=1S/C21H17F7N2OS/c22-16-9-14(8-15(10-16)20(23,24)25)19(18-29-6-7-32-18,11-13-4-2-1-3-5-13)30-12-17(31)21(26,27)28/h1-10,17,30-31H,11-12H2. The average molecular weight is 478 g/mol. The second-order valence-corrected chi connectivity index (χ2v) is 7.96. The van der Waals surface area contributed by atoms with Crippen molar-refractivity contribution in [3.8, 4) is 0 Å². The van der Waals surface area contributed by atoms with Crippen molar-refractivity contribution in [2.24, 2.45) is 0 Å². The van der Waals surface area contributed by atoms with Gasteiger partial charge in [-0.15, -0.1) is 11.3 Å². The Morgan fingerprint density at radius 2 is 1.62 bits per heavy atom. The van der Waals surface area contributed by atoms with E-state index >= 15 is 0 Å². The topological polar surface area (TPSA) is 45.1 Å². The molecule has 2 atom stereocenters. The number of benzene rings is 2. The van der Waals surface area contributed by atoms with Gasteiger partial charge in [0.15, 0.2) is 6.10 Å². The first-order valence-electron chi connectivity index (χ1n) is 9.24. The molecule has 0 spiro atoms. The van der Waals surface area contributed by atoms with Crippen molar-refractivity contribution in [3.63, 3.8) is 0 Å². The second-order valence-electron chi connectivity index (χ2n) is 7.07. The van der Waals surface area contributed by atoms with Crippen LogP contribution in [-0.2, 0) is 18.1 Å². The molecule has 32 heavy (non-hydrogen) atoms. The highest BCUT2D eigenvalue weighted by molar-refractivity contribution is 7.09. The minimum atomic E-state index is -4.96. The Morgan fingerprint density at radius 3 is 2.19 bits per heavy atom. The Morgan fingerprint density at radius 1 is 0.969 bits per heavy atom. The van der Waals surface area contributed by atoms with Crippen LogP contribution in [0.2, 0.25) is 0 Å². The highest BCUT2D eigenvalue weighted by atomic mass is 32.1. The Labute approximate surface area is 182 Å². The van der Waals surface area contributed by atoms with Gasteiger partial charge in [0.1, 0.15) is 16.4 Å². The predicted molar refractivity (Wildman–Crippen MR) is 105 cm³/mol. The van der Waals surface area contributed by atoms with E-state index in [-0.39, 0.29) is 17.0 Å². The summed E-state index contributed by atoms with van der Waals surface area (Å²) in [4.78, 5) is 4.11. The van der Waals surface area contributed by atoms with E-state index in [9.17, 15) is 35.8 Å². The molecule has 1 aromatic heterocycles. The molecule has 11 heteroatoms. The summed E-state index contributed by atoms with van der Waals surface area (Å²) in [5, 5.41) is 13.7. The van der Waals surface area contributed by atoms with Crippen LogP contribution in [0.25, 0.3) is 0 Å². The van der Waals surface area contributed by atoms with Gasteiger partial charge in [-0.2, -0.15) is 26.3 Å². The molecule has 3 rings (SSSR count). The molecule has 3 nitrogen and oxygen atoms in total. The molecule has 0 saturated carbocycles. The monoisotopic (exact) mass is 478 g/mol. The van der Waals surface area contributed by atoms with Gasteiger partial charge in [-0.1, -0.05) is 30.3 Å². The summed E-state index contributed by atoms with van der Waals surface area (Å²) in [5.41, 5.74) is -2.78. The van der Waals surface area contributed by atoms with Crippen molar-refractivity contribution in [1.29, 1.82) is 0 Å². The summed E-state index contributed by atoms with van der Waals surface area (Å²) < 4.78 is 93.3. The van der Waals surface area contributed by atoms with Crippen molar-refractivity contribution < 1.29 is 35.8 Å². The van der Waals surface area contributed by atoms with Crippen molar-refractivity contribution >= 4 is 11.3 Å². The van der Waals surface area contributed by atoms with Crippen LogP contribution < -0.4 is 5.32 Å². The van der Waals surface area contributed by atoms with Crippen molar-refractivity contribution in [3.05, 3.63) is 87.6 Å². The smallest absolute Gasteiger partial charge is 0.382 e. The van der Waals surface area contributed by atoms with Crippen molar-refractivity contribution in [2.45, 2.75) is 30.4 Å². The molecule has 0 amide bonds. The number of aliphatic hydroxyl groups excluding tert-OH is 1. The number of halogens is 7. The van der Waals surface area contributed by atoms with E-state index in [1.165, 1.54) is 11.6 Å². The summed E-state index contributed by atoms with van der Waals surface area (Å²) in [6, 6.07) is 10.1. The van der Waals surface area contributed by atoms with Crippen LogP contribution in [0.1, 0.15) is 21.7 Å². The quantitative estimate of drug-likeness (QED) is 0.453. The molecule has 0 aliphatic carbocycles. The molecule has 172 valence electrons. The van der Waals surface area contributed by atoms with Crippen molar-refractivity contribution in [1.82, 2.24) is 10.3 Å². The van der Waals surface area contributed by atoms with Gasteiger partial charge in [0, 0.05) is 24.5 Å². The third kappa shape index (κ3) is 5.45. The number of aromatic nitrogens is 1. The van der Waals surface area contributed by atoms with Gasteiger partial charge in [0.25, 0.3) is 0 Å². The molecule has 0 bridgehead atoms. The first-order chi connectivity index (χ1) is 14.9. The first-order valence-corrected chi connectivity index (χ1v) is 10.1. The number of rotatable bonds is 7. The van der Waals surface area contributed by atoms with Crippen LogP contribution in [0.5, 0.6) is 0 Å². The molecule has 2 aromatic carbocycles. The van der Waals surface area contributed by atoms with E-state index in [4.69, 9.17) is 0 Å². The first kappa shape index (κ1) is 24.1. The van der Waals surface area contributed by atoms with Crippen LogP contribution in [0, 0.1) is 5.82 Å². The van der Waals surface area contributed by atoms with Crippen LogP contribution in [0.15, 0.2) is 60.1 Å². The van der Waals surface area contributed by atoms with E-state index in [0.29, 0.717) is 17.7 Å². The van der Waals surface area contributed by atoms with Gasteiger partial charge in [-0.05, 0) is 29.3 Å². The fraction of sp³-hybridized carbons (Fsp3) is 0.286. The molecule has 0 radical (unpaired) electrons. The molecule has 1 heterocycles. The van der Waals surface area contributed by atoms with E-state index < -0.39 is 41.9 Å². The molecular formula is C21H17F7N2OS. The Balaban J connectivity index is 2.20. The third-order valence-corrected chi connectivity index (χ3v) is 5.74. The lowest BCUT2D eigenvalue weighted by Gasteiger charge is -2.35. The maximum absolute atomic E-state index is 14.3. The van der Waals surface area contributed by atoms with Crippen molar-refractivity contribution in [2.75, 3.05) is 6.54 Å². The van der Waals surface area contributed by atoms with Crippen LogP contribution in [0.4, 0.5) is 30.7 Å². The summed E-state index contributed by atoms with van der Waals surface area (Å²) in [5.74, 6) is -1.21. The second kappa shape index (κ2) is 9.16. The zero-order valence-electron chi connectivity index (χ0n) is 16.2. The van der Waals surface area contributed by atoms with Gasteiger partial charge in [0.2, 0.25) is 0 Å². The highest BCUT2D eigenvalue weighted by Gasteiger charge is 2.44. The molecular weight excluding hydrogens is 461 g/mol. The molecule has 0 saturated heterocycles. The van der Waals surface area contributed by atoms with Crippen LogP contribution in [-0.4, -0.2) is 28.9 Å². The molecule has 3 aromatic rings. The molecule has 2 N–H and O–H groups in total. The lowest BCUT2D eigenvalue weighted by Crippen LogP contribution is -2.51. The molecule has 0 fully saturated rings. The maximum atomic E-state index is 14.3. The highest BCUT2D eigenvalue weighted by Crippen LogP contribution is 2.39. The fourth-order valence-corrected chi connectivity index (χ4v) is 4.10. The number of alkyl halides is 6. The lowest BCUT2D eigenvalue weighted by molar-refractivity contribution is -0.202. The minimum Gasteiger partial charge on any atom is -0.382 e. The Bertz CT molecular complexity index is 1020. The summed E-state index contributed by atoms with van der Waals surface area (Å²) >= 11 is 0.982. The van der Waals surface area contributed by atoms with E-state index in [0.717, 1.165) is 17.4 Å². The van der Waals surface area contributed by atoms with E-state index in [1.54, 1.807) is 30.3 Å². The van der Waals surface area contributed by atoms with Crippen LogP contribution in [0.3, 0.4) is 0 Å². The Kier molecular flexibility index (Phi) is 6.91. The fourth-order valence-electron chi connectivity index (χ4n) is 3.26. The van der Waals surface area contributed by atoms with E-state index in [1.807, 2.05) is 0 Å². The van der Waals surface area contributed by atoms with Gasteiger partial charge in [0.05, 0.1) is 5.56 Å². The van der Waals surface area contributed by atoms with Gasteiger partial charge < -0.3 is 5.11 Å². The summed E-state index contributed by atoms with van der Waals surface area (Å²) in [7, 11) is 0. The SMILES string of the molecule is OC(CNC(Cc1ccccc1)(c1cc(F)cc(C(F)(F)F)c1)c1nccs1)C(F)(F)F. The number of nitrogens with zero attached hydrogens (tertiary/aromatic N) is 1. The normalized spacial score (nSPS) is 15.4. The lowest BCUT2D eigenvalue weighted by atomic mass is 9.83. The summed E-state index contributed by atoms with van der Waals surface area (Å²) in [6.45, 7) is -1.05. The van der Waals surface area contributed by atoms with Crippen LogP contribution >= 0.6 is 11.3 Å². The zero-order valence-corrected chi connectivity index (χ0v) is 17.0. The molecule has 0 aliphatic rings. The number of thiazole rings is 1. The number of aliphatic hydroxyl groups is 1. The van der Waals surface area contributed by atoms with Gasteiger partial charge in [-0.25, -0.2) is 9.37 Å². The van der Waals surface area contributed by atoms with E-state index in [2.05, 4.69) is 10.3 Å². The number of hydrogen-bond donors (Lipinski definition) is 2. The van der Waals surface area contributed by atoms with Gasteiger partial charge in [-0.3, -0.25) is 5.32 Å². The molecule has 2 unspecified atom stereocenters. The average Bonchev–Trinajstić information content (AvgIpc) is 3.25. The maximum Gasteiger partial charge on any atom is 0.416 e. The summed E-state index contributed by atoms with van der Waals surface area (Å²) in [6.07, 6.45) is -11.5. The zero-order chi connectivity index (χ0) is 23.6.